The Labute approximate surface area is 213 Å². The number of benzene rings is 2. The van der Waals surface area contributed by atoms with Gasteiger partial charge in [0.1, 0.15) is 0 Å². The second kappa shape index (κ2) is 11.4. The average molecular weight is 587 g/mol. The van der Waals surface area contributed by atoms with E-state index in [4.69, 9.17) is 0 Å². The minimum atomic E-state index is -4.38. The van der Waals surface area contributed by atoms with Crippen molar-refractivity contribution in [1.82, 2.24) is 4.90 Å². The molecule has 0 radical (unpaired) electrons. The summed E-state index contributed by atoms with van der Waals surface area (Å²) in [5.74, 6) is -0.811. The predicted molar refractivity (Wildman–Crippen MR) is 136 cm³/mol. The number of likely N-dealkylation sites (tertiary alicyclic amines) is 1. The van der Waals surface area contributed by atoms with Crippen LogP contribution in [0.2, 0.25) is 0 Å². The Hall–Kier alpha value is -1.61. The molecule has 0 spiro atoms. The van der Waals surface area contributed by atoms with Crippen molar-refractivity contribution in [3.8, 4) is 0 Å². The number of hydrogen-bond donors (Lipinski definition) is 1. The number of nitrogens with zero attached hydrogens (tertiary/aromatic N) is 1. The SMILES string of the molecule is CC(C)CC[C@@H](c1ccc(I)cc1)N1CC[C@H](C(C)C(=O)O)C[C@@H]1c1ccc(C(F)(F)F)cc1. The molecular weight excluding hydrogens is 554 g/mol. The van der Waals surface area contributed by atoms with E-state index >= 15 is 0 Å². The number of piperidine rings is 1. The molecule has 0 aromatic heterocycles. The van der Waals surface area contributed by atoms with Crippen molar-refractivity contribution >= 4 is 28.6 Å². The van der Waals surface area contributed by atoms with Crippen LogP contribution in [0.3, 0.4) is 0 Å². The summed E-state index contributed by atoms with van der Waals surface area (Å²) in [6.45, 7) is 6.84. The molecule has 1 N–H and O–H groups in total. The Bertz CT molecular complexity index is 944. The summed E-state index contributed by atoms with van der Waals surface area (Å²) in [5, 5.41) is 9.60. The first-order valence-corrected chi connectivity index (χ1v) is 13.0. The average Bonchev–Trinajstić information content (AvgIpc) is 2.79. The van der Waals surface area contributed by atoms with Crippen LogP contribution in [0.5, 0.6) is 0 Å². The highest BCUT2D eigenvalue weighted by molar-refractivity contribution is 14.1. The Morgan fingerprint density at radius 3 is 2.21 bits per heavy atom. The topological polar surface area (TPSA) is 40.5 Å². The van der Waals surface area contributed by atoms with Gasteiger partial charge in [-0.25, -0.2) is 0 Å². The molecule has 1 aliphatic rings. The summed E-state index contributed by atoms with van der Waals surface area (Å²) >= 11 is 2.28. The van der Waals surface area contributed by atoms with Crippen molar-refractivity contribution in [3.05, 3.63) is 68.8 Å². The van der Waals surface area contributed by atoms with Gasteiger partial charge in [-0.15, -0.1) is 0 Å². The number of carbonyl (C=O) groups is 1. The zero-order chi connectivity index (χ0) is 25.0. The molecule has 1 fully saturated rings. The number of rotatable bonds is 8. The van der Waals surface area contributed by atoms with Crippen molar-refractivity contribution in [2.75, 3.05) is 6.54 Å². The van der Waals surface area contributed by atoms with Gasteiger partial charge in [-0.2, -0.15) is 13.2 Å². The zero-order valence-electron chi connectivity index (χ0n) is 19.9. The lowest BCUT2D eigenvalue weighted by Gasteiger charge is -2.45. The monoisotopic (exact) mass is 587 g/mol. The normalized spacial score (nSPS) is 21.4. The van der Waals surface area contributed by atoms with E-state index in [0.717, 1.165) is 40.5 Å². The molecule has 1 heterocycles. The van der Waals surface area contributed by atoms with Gasteiger partial charge in [0.2, 0.25) is 0 Å². The molecule has 1 aliphatic heterocycles. The lowest BCUT2D eigenvalue weighted by atomic mass is 9.78. The van der Waals surface area contributed by atoms with Gasteiger partial charge in [-0.05, 0) is 102 Å². The Morgan fingerprint density at radius 2 is 1.68 bits per heavy atom. The van der Waals surface area contributed by atoms with Gasteiger partial charge in [0, 0.05) is 15.7 Å². The molecular formula is C27H33F3INO2. The zero-order valence-corrected chi connectivity index (χ0v) is 22.0. The fourth-order valence-electron chi connectivity index (χ4n) is 4.96. The fourth-order valence-corrected chi connectivity index (χ4v) is 5.32. The molecule has 0 saturated carbocycles. The van der Waals surface area contributed by atoms with E-state index < -0.39 is 23.6 Å². The summed E-state index contributed by atoms with van der Waals surface area (Å²) in [7, 11) is 0. The van der Waals surface area contributed by atoms with E-state index in [-0.39, 0.29) is 18.0 Å². The van der Waals surface area contributed by atoms with Crippen molar-refractivity contribution in [2.45, 2.75) is 64.7 Å². The third-order valence-corrected chi connectivity index (χ3v) is 7.80. The number of alkyl halides is 3. The number of aliphatic carboxylic acids is 1. The first-order valence-electron chi connectivity index (χ1n) is 11.9. The molecule has 2 aromatic carbocycles. The highest BCUT2D eigenvalue weighted by Crippen LogP contribution is 2.44. The van der Waals surface area contributed by atoms with Gasteiger partial charge in [-0.1, -0.05) is 45.0 Å². The van der Waals surface area contributed by atoms with Gasteiger partial charge in [0.25, 0.3) is 0 Å². The maximum Gasteiger partial charge on any atom is 0.416 e. The third-order valence-electron chi connectivity index (χ3n) is 7.08. The molecule has 3 nitrogen and oxygen atoms in total. The van der Waals surface area contributed by atoms with Gasteiger partial charge >= 0.3 is 12.1 Å². The molecule has 3 rings (SSSR count). The van der Waals surface area contributed by atoms with E-state index in [1.807, 2.05) is 0 Å². The summed E-state index contributed by atoms with van der Waals surface area (Å²) < 4.78 is 40.7. The minimum Gasteiger partial charge on any atom is -0.481 e. The predicted octanol–water partition coefficient (Wildman–Crippen LogP) is 7.96. The number of halogens is 4. The number of carboxylic acid groups (broad SMARTS) is 1. The second-order valence-electron chi connectivity index (χ2n) is 9.82. The van der Waals surface area contributed by atoms with Crippen LogP contribution in [0.1, 0.15) is 75.2 Å². The quantitative estimate of drug-likeness (QED) is 0.319. The highest BCUT2D eigenvalue weighted by Gasteiger charge is 2.38. The second-order valence-corrected chi connectivity index (χ2v) is 11.1. The standard InChI is InChI=1S/C27H33F3INO2/c1-17(2)4-13-24(19-7-11-23(31)12-8-19)32-15-14-21(18(3)26(33)34)16-25(32)20-5-9-22(10-6-20)27(28,29)30/h5-12,17-18,21,24-25H,4,13-16H2,1-3H3,(H,33,34)/t18?,21-,24-,25+/m0/s1. The molecule has 0 bridgehead atoms. The lowest BCUT2D eigenvalue weighted by molar-refractivity contribution is -0.144. The van der Waals surface area contributed by atoms with Gasteiger partial charge < -0.3 is 5.11 Å². The van der Waals surface area contributed by atoms with E-state index in [2.05, 4.69) is 65.6 Å². The van der Waals surface area contributed by atoms with Crippen molar-refractivity contribution in [1.29, 1.82) is 0 Å². The third kappa shape index (κ3) is 6.74. The van der Waals surface area contributed by atoms with Crippen LogP contribution in [0.4, 0.5) is 13.2 Å². The maximum atomic E-state index is 13.2. The molecule has 7 heteroatoms. The first kappa shape index (κ1) is 27.0. The van der Waals surface area contributed by atoms with Crippen LogP contribution in [-0.4, -0.2) is 22.5 Å². The van der Waals surface area contributed by atoms with Gasteiger partial charge in [0.05, 0.1) is 11.5 Å². The first-order chi connectivity index (χ1) is 16.0. The minimum absolute atomic E-state index is 0.0245. The summed E-state index contributed by atoms with van der Waals surface area (Å²) in [5.41, 5.74) is 1.35. The molecule has 1 saturated heterocycles. The van der Waals surface area contributed by atoms with E-state index in [0.29, 0.717) is 18.9 Å². The fraction of sp³-hybridized carbons (Fsp3) is 0.519. The smallest absolute Gasteiger partial charge is 0.416 e. The van der Waals surface area contributed by atoms with Crippen molar-refractivity contribution in [2.24, 2.45) is 17.8 Å². The van der Waals surface area contributed by atoms with E-state index in [9.17, 15) is 23.1 Å². The number of hydrogen-bond acceptors (Lipinski definition) is 2. The molecule has 0 aliphatic carbocycles. The molecule has 0 amide bonds. The Morgan fingerprint density at radius 1 is 1.06 bits per heavy atom. The molecule has 4 atom stereocenters. The van der Waals surface area contributed by atoms with Crippen LogP contribution in [0.25, 0.3) is 0 Å². The van der Waals surface area contributed by atoms with Crippen molar-refractivity contribution < 1.29 is 23.1 Å². The largest absolute Gasteiger partial charge is 0.481 e. The van der Waals surface area contributed by atoms with Crippen molar-refractivity contribution in [3.63, 3.8) is 0 Å². The summed E-state index contributed by atoms with van der Waals surface area (Å²) in [6.07, 6.45) is -1.04. The molecule has 186 valence electrons. The molecule has 34 heavy (non-hydrogen) atoms. The Kier molecular flexibility index (Phi) is 9.06. The summed E-state index contributed by atoms with van der Waals surface area (Å²) in [6, 6.07) is 13.9. The van der Waals surface area contributed by atoms with Gasteiger partial charge in [-0.3, -0.25) is 9.69 Å². The van der Waals surface area contributed by atoms with E-state index in [1.165, 1.54) is 5.56 Å². The van der Waals surface area contributed by atoms with Crippen LogP contribution in [0.15, 0.2) is 48.5 Å². The molecule has 2 aromatic rings. The van der Waals surface area contributed by atoms with E-state index in [1.54, 1.807) is 19.1 Å². The number of carboxylic acids is 1. The van der Waals surface area contributed by atoms with Crippen LogP contribution in [-0.2, 0) is 11.0 Å². The Balaban J connectivity index is 1.99. The lowest BCUT2D eigenvalue weighted by Crippen LogP contribution is -2.42. The van der Waals surface area contributed by atoms with Crippen LogP contribution < -0.4 is 0 Å². The highest BCUT2D eigenvalue weighted by atomic mass is 127. The van der Waals surface area contributed by atoms with Crippen LogP contribution in [0, 0.1) is 21.3 Å². The summed E-state index contributed by atoms with van der Waals surface area (Å²) in [4.78, 5) is 14.1. The molecule has 1 unspecified atom stereocenters. The van der Waals surface area contributed by atoms with Gasteiger partial charge in [0.15, 0.2) is 0 Å². The maximum absolute atomic E-state index is 13.2. The van der Waals surface area contributed by atoms with Crippen LogP contribution >= 0.6 is 22.6 Å².